The summed E-state index contributed by atoms with van der Waals surface area (Å²) in [7, 11) is 0. The van der Waals surface area contributed by atoms with E-state index >= 15 is 0 Å². The van der Waals surface area contributed by atoms with Crippen molar-refractivity contribution in [3.63, 3.8) is 0 Å². The third-order valence-electron chi connectivity index (χ3n) is 2.65. The van der Waals surface area contributed by atoms with Crippen LogP contribution >= 0.6 is 0 Å². The molecule has 0 aliphatic heterocycles. The summed E-state index contributed by atoms with van der Waals surface area (Å²) in [5.41, 5.74) is 0. The second-order valence-corrected chi connectivity index (χ2v) is 5.38. The molecule has 0 saturated carbocycles. The first-order valence-electron chi connectivity index (χ1n) is 6.46. The molecule has 0 saturated heterocycles. The lowest BCUT2D eigenvalue weighted by molar-refractivity contribution is 0.445. The molecule has 0 aromatic carbocycles. The van der Waals surface area contributed by atoms with E-state index in [0.29, 0.717) is 11.8 Å². The first kappa shape index (κ1) is 15.6. The molecule has 0 N–H and O–H groups in total. The van der Waals surface area contributed by atoms with Crippen molar-refractivity contribution in [3.05, 3.63) is 11.7 Å². The van der Waals surface area contributed by atoms with Crippen LogP contribution in [0.15, 0.2) is 11.7 Å². The van der Waals surface area contributed by atoms with Crippen LogP contribution in [0.25, 0.3) is 0 Å². The van der Waals surface area contributed by atoms with Gasteiger partial charge in [0, 0.05) is 12.8 Å². The van der Waals surface area contributed by atoms with E-state index in [1.54, 1.807) is 0 Å². The SMILES string of the molecule is CC(C)CCC/C(F)=C(/F)CCCC(C)C. The minimum Gasteiger partial charge on any atom is -0.209 e. The number of rotatable bonds is 8. The van der Waals surface area contributed by atoms with Crippen molar-refractivity contribution in [1.29, 1.82) is 0 Å². The molecule has 0 aliphatic carbocycles. The van der Waals surface area contributed by atoms with Gasteiger partial charge in [0.05, 0.1) is 0 Å². The summed E-state index contributed by atoms with van der Waals surface area (Å²) >= 11 is 0. The molecule has 2 heteroatoms. The summed E-state index contributed by atoms with van der Waals surface area (Å²) in [4.78, 5) is 0. The minimum absolute atomic E-state index is 0.270. The van der Waals surface area contributed by atoms with Gasteiger partial charge >= 0.3 is 0 Å². The van der Waals surface area contributed by atoms with E-state index in [1.165, 1.54) is 0 Å². The van der Waals surface area contributed by atoms with Gasteiger partial charge in [0.1, 0.15) is 11.7 Å². The standard InChI is InChI=1S/C14H26F2/c1-11(2)7-5-9-13(15)14(16)10-6-8-12(3)4/h11-12H,5-10H2,1-4H3/b14-13-. The Morgan fingerprint density at radius 2 is 1.06 bits per heavy atom. The van der Waals surface area contributed by atoms with Gasteiger partial charge in [0.2, 0.25) is 0 Å². The lowest BCUT2D eigenvalue weighted by Gasteiger charge is -2.05. The first-order valence-corrected chi connectivity index (χ1v) is 6.46. The Bertz CT molecular complexity index is 183. The molecule has 16 heavy (non-hydrogen) atoms. The molecule has 0 unspecified atom stereocenters. The number of hydrogen-bond donors (Lipinski definition) is 0. The topological polar surface area (TPSA) is 0 Å². The van der Waals surface area contributed by atoms with Gasteiger partial charge in [-0.25, -0.2) is 8.78 Å². The van der Waals surface area contributed by atoms with Crippen molar-refractivity contribution in [2.45, 2.75) is 66.2 Å². The molecule has 0 spiro atoms. The van der Waals surface area contributed by atoms with Gasteiger partial charge in [-0.05, 0) is 24.7 Å². The molecule has 0 aromatic heterocycles. The van der Waals surface area contributed by atoms with Gasteiger partial charge < -0.3 is 0 Å². The molecule has 0 rings (SSSR count). The number of halogens is 2. The lowest BCUT2D eigenvalue weighted by Crippen LogP contribution is -1.91. The second kappa shape index (κ2) is 8.72. The van der Waals surface area contributed by atoms with Gasteiger partial charge in [-0.3, -0.25) is 0 Å². The quantitative estimate of drug-likeness (QED) is 0.497. The summed E-state index contributed by atoms with van der Waals surface area (Å²) in [6.45, 7) is 8.39. The van der Waals surface area contributed by atoms with Crippen LogP contribution in [0.2, 0.25) is 0 Å². The maximum Gasteiger partial charge on any atom is 0.131 e. The second-order valence-electron chi connectivity index (χ2n) is 5.38. The fourth-order valence-corrected chi connectivity index (χ4v) is 1.60. The monoisotopic (exact) mass is 232 g/mol. The van der Waals surface area contributed by atoms with Gasteiger partial charge in [0.15, 0.2) is 0 Å². The van der Waals surface area contributed by atoms with Crippen LogP contribution in [-0.4, -0.2) is 0 Å². The van der Waals surface area contributed by atoms with Gasteiger partial charge in [-0.2, -0.15) is 0 Å². The molecular formula is C14H26F2. The highest BCUT2D eigenvalue weighted by atomic mass is 19.2. The van der Waals surface area contributed by atoms with Crippen molar-refractivity contribution in [2.75, 3.05) is 0 Å². The van der Waals surface area contributed by atoms with Crippen molar-refractivity contribution in [2.24, 2.45) is 11.8 Å². The van der Waals surface area contributed by atoms with Crippen molar-refractivity contribution < 1.29 is 8.78 Å². The zero-order valence-corrected chi connectivity index (χ0v) is 11.2. The summed E-state index contributed by atoms with van der Waals surface area (Å²) < 4.78 is 26.6. The average molecular weight is 232 g/mol. The van der Waals surface area contributed by atoms with E-state index < -0.39 is 11.7 Å². The van der Waals surface area contributed by atoms with Crippen LogP contribution in [0.1, 0.15) is 66.2 Å². The molecule has 0 nitrogen and oxygen atoms in total. The fraction of sp³-hybridized carbons (Fsp3) is 0.857. The summed E-state index contributed by atoms with van der Waals surface area (Å²) in [6, 6.07) is 0. The zero-order chi connectivity index (χ0) is 12.6. The molecular weight excluding hydrogens is 206 g/mol. The third kappa shape index (κ3) is 8.87. The van der Waals surface area contributed by atoms with E-state index in [4.69, 9.17) is 0 Å². The fourth-order valence-electron chi connectivity index (χ4n) is 1.60. The van der Waals surface area contributed by atoms with Crippen LogP contribution < -0.4 is 0 Å². The Morgan fingerprint density at radius 3 is 1.31 bits per heavy atom. The predicted octanol–water partition coefficient (Wildman–Crippen LogP) is 5.79. The number of hydrogen-bond acceptors (Lipinski definition) is 0. The molecule has 0 aromatic rings. The summed E-state index contributed by atoms with van der Waals surface area (Å²) in [5, 5.41) is 0. The zero-order valence-electron chi connectivity index (χ0n) is 11.2. The maximum absolute atomic E-state index is 13.3. The van der Waals surface area contributed by atoms with Crippen molar-refractivity contribution in [3.8, 4) is 0 Å². The molecule has 0 fully saturated rings. The molecule has 0 heterocycles. The Hall–Kier alpha value is -0.400. The van der Waals surface area contributed by atoms with Crippen LogP contribution in [0.4, 0.5) is 8.78 Å². The maximum atomic E-state index is 13.3. The minimum atomic E-state index is -0.524. The Labute approximate surface area is 99.1 Å². The Morgan fingerprint density at radius 1 is 0.750 bits per heavy atom. The van der Waals surface area contributed by atoms with Gasteiger partial charge in [0.25, 0.3) is 0 Å². The third-order valence-corrected chi connectivity index (χ3v) is 2.65. The largest absolute Gasteiger partial charge is 0.209 e. The Balaban J connectivity index is 3.77. The smallest absolute Gasteiger partial charge is 0.131 e. The normalized spacial score (nSPS) is 13.5. The molecule has 0 bridgehead atoms. The van der Waals surface area contributed by atoms with Crippen LogP contribution in [0.5, 0.6) is 0 Å². The average Bonchev–Trinajstić information content (AvgIpc) is 2.16. The van der Waals surface area contributed by atoms with E-state index in [0.717, 1.165) is 25.7 Å². The summed E-state index contributed by atoms with van der Waals surface area (Å²) in [5.74, 6) is 0.0856. The highest BCUT2D eigenvalue weighted by molar-refractivity contribution is 4.99. The molecule has 0 atom stereocenters. The summed E-state index contributed by atoms with van der Waals surface area (Å²) in [6.07, 6.45) is 3.97. The Kier molecular flexibility index (Phi) is 8.50. The molecule has 0 amide bonds. The highest BCUT2D eigenvalue weighted by Crippen LogP contribution is 2.22. The van der Waals surface area contributed by atoms with Crippen molar-refractivity contribution in [1.82, 2.24) is 0 Å². The first-order chi connectivity index (χ1) is 7.43. The van der Waals surface area contributed by atoms with Crippen LogP contribution in [-0.2, 0) is 0 Å². The van der Waals surface area contributed by atoms with Gasteiger partial charge in [-0.1, -0.05) is 40.5 Å². The lowest BCUT2D eigenvalue weighted by atomic mass is 10.0. The van der Waals surface area contributed by atoms with Crippen LogP contribution in [0.3, 0.4) is 0 Å². The van der Waals surface area contributed by atoms with Crippen molar-refractivity contribution >= 4 is 0 Å². The molecule has 0 radical (unpaired) electrons. The van der Waals surface area contributed by atoms with Gasteiger partial charge in [-0.15, -0.1) is 0 Å². The molecule has 96 valence electrons. The van der Waals surface area contributed by atoms with E-state index in [1.807, 2.05) is 0 Å². The van der Waals surface area contributed by atoms with E-state index in [9.17, 15) is 8.78 Å². The molecule has 0 aliphatic rings. The highest BCUT2D eigenvalue weighted by Gasteiger charge is 2.07. The van der Waals surface area contributed by atoms with E-state index in [2.05, 4.69) is 27.7 Å². The number of allylic oxidation sites excluding steroid dienone is 2. The predicted molar refractivity (Wildman–Crippen MR) is 66.6 cm³/mol. The van der Waals surface area contributed by atoms with Crippen LogP contribution in [0, 0.1) is 11.8 Å². The van der Waals surface area contributed by atoms with E-state index in [-0.39, 0.29) is 12.8 Å².